The van der Waals surface area contributed by atoms with Gasteiger partial charge in [-0.05, 0) is 36.8 Å². The number of fused-ring (bicyclic) bond motifs is 1. The van der Waals surface area contributed by atoms with Crippen LogP contribution in [0.3, 0.4) is 0 Å². The summed E-state index contributed by atoms with van der Waals surface area (Å²) < 4.78 is 0. The molecule has 0 atom stereocenters. The average molecular weight is 319 g/mol. The SMILES string of the molecule is Cc1[nH]c(=O)[nH]c(=O)c1CCC(=O)N1CCc2sccc2C1. The zero-order chi connectivity index (χ0) is 15.7. The molecule has 7 heteroatoms. The van der Waals surface area contributed by atoms with E-state index in [-0.39, 0.29) is 12.3 Å². The van der Waals surface area contributed by atoms with Crippen LogP contribution < -0.4 is 11.2 Å². The summed E-state index contributed by atoms with van der Waals surface area (Å²) in [5, 5.41) is 2.06. The van der Waals surface area contributed by atoms with Crippen LogP contribution in [0.4, 0.5) is 0 Å². The van der Waals surface area contributed by atoms with E-state index in [0.717, 1.165) is 13.0 Å². The van der Waals surface area contributed by atoms with Crippen molar-refractivity contribution in [3.8, 4) is 0 Å². The molecule has 0 aromatic carbocycles. The molecular formula is C15H17N3O3S. The van der Waals surface area contributed by atoms with Crippen molar-refractivity contribution in [1.29, 1.82) is 0 Å². The van der Waals surface area contributed by atoms with Gasteiger partial charge in [-0.15, -0.1) is 11.3 Å². The molecule has 1 aliphatic rings. The maximum Gasteiger partial charge on any atom is 0.325 e. The van der Waals surface area contributed by atoms with Crippen molar-refractivity contribution in [2.45, 2.75) is 32.7 Å². The number of aryl methyl sites for hydroxylation is 1. The highest BCUT2D eigenvalue weighted by Crippen LogP contribution is 2.24. The van der Waals surface area contributed by atoms with E-state index in [9.17, 15) is 14.4 Å². The molecule has 2 N–H and O–H groups in total. The Morgan fingerprint density at radius 2 is 2.18 bits per heavy atom. The number of aromatic amines is 2. The van der Waals surface area contributed by atoms with E-state index in [0.29, 0.717) is 24.2 Å². The van der Waals surface area contributed by atoms with Crippen LogP contribution in [0.1, 0.15) is 28.1 Å². The molecule has 3 rings (SSSR count). The summed E-state index contributed by atoms with van der Waals surface area (Å²) in [6, 6.07) is 2.07. The molecule has 6 nitrogen and oxygen atoms in total. The van der Waals surface area contributed by atoms with Crippen molar-refractivity contribution in [3.63, 3.8) is 0 Å². The van der Waals surface area contributed by atoms with Gasteiger partial charge in [0.25, 0.3) is 5.56 Å². The number of nitrogens with zero attached hydrogens (tertiary/aromatic N) is 1. The second-order valence-electron chi connectivity index (χ2n) is 5.45. The number of hydrogen-bond donors (Lipinski definition) is 2. The van der Waals surface area contributed by atoms with Crippen LogP contribution in [0.2, 0.25) is 0 Å². The van der Waals surface area contributed by atoms with Gasteiger partial charge in [0.15, 0.2) is 0 Å². The van der Waals surface area contributed by atoms with Crippen molar-refractivity contribution in [3.05, 3.63) is 54.0 Å². The van der Waals surface area contributed by atoms with Crippen LogP contribution in [0.5, 0.6) is 0 Å². The second kappa shape index (κ2) is 5.92. The topological polar surface area (TPSA) is 86.0 Å². The lowest BCUT2D eigenvalue weighted by molar-refractivity contribution is -0.132. The Morgan fingerprint density at radius 3 is 2.95 bits per heavy atom. The first-order chi connectivity index (χ1) is 10.5. The highest BCUT2D eigenvalue weighted by Gasteiger charge is 2.21. The molecule has 116 valence electrons. The average Bonchev–Trinajstić information content (AvgIpc) is 2.93. The Kier molecular flexibility index (Phi) is 3.98. The molecule has 0 radical (unpaired) electrons. The Morgan fingerprint density at radius 1 is 1.36 bits per heavy atom. The van der Waals surface area contributed by atoms with Crippen LogP contribution >= 0.6 is 11.3 Å². The van der Waals surface area contributed by atoms with E-state index < -0.39 is 11.2 Å². The van der Waals surface area contributed by atoms with Crippen LogP contribution in [0.15, 0.2) is 21.0 Å². The first-order valence-corrected chi connectivity index (χ1v) is 8.07. The molecule has 0 bridgehead atoms. The summed E-state index contributed by atoms with van der Waals surface area (Å²) in [5.74, 6) is 0.0434. The van der Waals surface area contributed by atoms with Gasteiger partial charge < -0.3 is 9.88 Å². The Balaban J connectivity index is 1.67. The molecule has 22 heavy (non-hydrogen) atoms. The summed E-state index contributed by atoms with van der Waals surface area (Å²) in [6.45, 7) is 3.06. The Bertz CT molecular complexity index is 818. The van der Waals surface area contributed by atoms with Crippen molar-refractivity contribution < 1.29 is 4.79 Å². The van der Waals surface area contributed by atoms with Crippen molar-refractivity contribution in [2.75, 3.05) is 6.54 Å². The number of carbonyl (C=O) groups excluding carboxylic acids is 1. The highest BCUT2D eigenvalue weighted by atomic mass is 32.1. The number of H-pyrrole nitrogens is 2. The van der Waals surface area contributed by atoms with Gasteiger partial charge in [-0.1, -0.05) is 0 Å². The summed E-state index contributed by atoms with van der Waals surface area (Å²) >= 11 is 1.74. The number of carbonyl (C=O) groups is 1. The first-order valence-electron chi connectivity index (χ1n) is 7.19. The van der Waals surface area contributed by atoms with Gasteiger partial charge in [0, 0.05) is 35.6 Å². The third-order valence-electron chi connectivity index (χ3n) is 4.00. The molecule has 2 aromatic heterocycles. The normalized spacial score (nSPS) is 14.0. The lowest BCUT2D eigenvalue weighted by atomic mass is 10.1. The van der Waals surface area contributed by atoms with Crippen LogP contribution in [-0.4, -0.2) is 27.3 Å². The molecule has 0 fully saturated rings. The van der Waals surface area contributed by atoms with Crippen LogP contribution in [0.25, 0.3) is 0 Å². The fourth-order valence-electron chi connectivity index (χ4n) is 2.78. The zero-order valence-corrected chi connectivity index (χ0v) is 13.1. The molecule has 1 amide bonds. The summed E-state index contributed by atoms with van der Waals surface area (Å²) in [6.07, 6.45) is 1.51. The number of hydrogen-bond acceptors (Lipinski definition) is 4. The van der Waals surface area contributed by atoms with Gasteiger partial charge in [-0.3, -0.25) is 14.6 Å². The molecule has 0 saturated carbocycles. The molecule has 2 aromatic rings. The quantitative estimate of drug-likeness (QED) is 0.883. The van der Waals surface area contributed by atoms with Gasteiger partial charge in [-0.2, -0.15) is 0 Å². The van der Waals surface area contributed by atoms with Gasteiger partial charge in [0.05, 0.1) is 0 Å². The smallest absolute Gasteiger partial charge is 0.325 e. The van der Waals surface area contributed by atoms with E-state index >= 15 is 0 Å². The molecule has 0 aliphatic carbocycles. The largest absolute Gasteiger partial charge is 0.338 e. The van der Waals surface area contributed by atoms with Crippen molar-refractivity contribution in [2.24, 2.45) is 0 Å². The molecule has 3 heterocycles. The minimum absolute atomic E-state index is 0.0434. The maximum atomic E-state index is 12.3. The van der Waals surface area contributed by atoms with Crippen LogP contribution in [0, 0.1) is 6.92 Å². The zero-order valence-electron chi connectivity index (χ0n) is 12.3. The van der Waals surface area contributed by atoms with Crippen molar-refractivity contribution >= 4 is 17.2 Å². The lowest BCUT2D eigenvalue weighted by Crippen LogP contribution is -2.36. The predicted molar refractivity (Wildman–Crippen MR) is 84.2 cm³/mol. The number of aromatic nitrogens is 2. The third-order valence-corrected chi connectivity index (χ3v) is 5.03. The van der Waals surface area contributed by atoms with E-state index in [1.54, 1.807) is 18.3 Å². The summed E-state index contributed by atoms with van der Waals surface area (Å²) in [7, 11) is 0. The van der Waals surface area contributed by atoms with E-state index in [1.165, 1.54) is 10.4 Å². The van der Waals surface area contributed by atoms with Gasteiger partial charge in [0.2, 0.25) is 5.91 Å². The lowest BCUT2D eigenvalue weighted by Gasteiger charge is -2.27. The van der Waals surface area contributed by atoms with Crippen LogP contribution in [-0.2, 0) is 24.2 Å². The number of nitrogens with one attached hydrogen (secondary N) is 2. The highest BCUT2D eigenvalue weighted by molar-refractivity contribution is 7.10. The molecule has 0 unspecified atom stereocenters. The Labute approximate surface area is 130 Å². The standard InChI is InChI=1S/C15H17N3O3S/c1-9-11(14(20)17-15(21)16-9)2-3-13(19)18-6-4-12-10(8-18)5-7-22-12/h5,7H,2-4,6,8H2,1H3,(H2,16,17,20,21). The maximum absolute atomic E-state index is 12.3. The molecule has 0 saturated heterocycles. The predicted octanol–water partition coefficient (Wildman–Crippen LogP) is 0.951. The van der Waals surface area contributed by atoms with Gasteiger partial charge in [-0.25, -0.2) is 4.79 Å². The second-order valence-corrected chi connectivity index (χ2v) is 6.45. The molecule has 0 spiro atoms. The van der Waals surface area contributed by atoms with E-state index in [1.807, 2.05) is 4.90 Å². The minimum Gasteiger partial charge on any atom is -0.338 e. The number of rotatable bonds is 3. The Hall–Kier alpha value is -2.15. The minimum atomic E-state index is -0.515. The molecule has 1 aliphatic heterocycles. The molecular weight excluding hydrogens is 302 g/mol. The summed E-state index contributed by atoms with van der Waals surface area (Å²) in [5.41, 5.74) is 1.30. The van der Waals surface area contributed by atoms with Gasteiger partial charge in [0.1, 0.15) is 0 Å². The first kappa shape index (κ1) is 14.8. The third kappa shape index (κ3) is 2.89. The van der Waals surface area contributed by atoms with Crippen molar-refractivity contribution in [1.82, 2.24) is 14.9 Å². The monoisotopic (exact) mass is 319 g/mol. The van der Waals surface area contributed by atoms with E-state index in [4.69, 9.17) is 0 Å². The fraction of sp³-hybridized carbons (Fsp3) is 0.400. The van der Waals surface area contributed by atoms with E-state index in [2.05, 4.69) is 21.4 Å². The number of thiophene rings is 1. The number of amides is 1. The summed E-state index contributed by atoms with van der Waals surface area (Å²) in [4.78, 5) is 43.2. The van der Waals surface area contributed by atoms with Gasteiger partial charge >= 0.3 is 5.69 Å². The fourth-order valence-corrected chi connectivity index (χ4v) is 3.67.